The monoisotopic (exact) mass is 508 g/mol. The van der Waals surface area contributed by atoms with E-state index in [4.69, 9.17) is 4.74 Å². The van der Waals surface area contributed by atoms with Gasteiger partial charge in [0.25, 0.3) is 0 Å². The molecular weight excluding hydrogens is 468 g/mol. The Bertz CT molecular complexity index is 984. The molecule has 37 heavy (non-hydrogen) atoms. The maximum atomic E-state index is 13.6. The summed E-state index contributed by atoms with van der Waals surface area (Å²) >= 11 is 0. The summed E-state index contributed by atoms with van der Waals surface area (Å²) in [5, 5.41) is 0. The number of fused-ring (bicyclic) bond motifs is 3. The van der Waals surface area contributed by atoms with Crippen LogP contribution in [-0.2, 0) is 20.9 Å². The van der Waals surface area contributed by atoms with Gasteiger partial charge in [-0.15, -0.1) is 0 Å². The summed E-state index contributed by atoms with van der Waals surface area (Å²) in [6, 6.07) is 8.61. The smallest absolute Gasteiger partial charge is 0.236 e. The second kappa shape index (κ2) is 12.1. The van der Waals surface area contributed by atoms with Crippen LogP contribution in [0.25, 0.3) is 0 Å². The minimum Gasteiger partial charge on any atom is -0.489 e. The van der Waals surface area contributed by atoms with E-state index in [0.717, 1.165) is 43.5 Å². The van der Waals surface area contributed by atoms with Crippen LogP contribution in [0.2, 0.25) is 0 Å². The molecule has 3 aliphatic heterocycles. The summed E-state index contributed by atoms with van der Waals surface area (Å²) in [6.45, 7) is 5.37. The number of hydrogen-bond donors (Lipinski definition) is 0. The number of hydrogen-bond acceptors (Lipinski definition) is 5. The summed E-state index contributed by atoms with van der Waals surface area (Å²) in [7, 11) is 0. The highest BCUT2D eigenvalue weighted by atomic mass is 16.5. The lowest BCUT2D eigenvalue weighted by Gasteiger charge is -2.40. The number of piperidine rings is 1. The molecule has 0 N–H and O–H groups in total. The average Bonchev–Trinajstić information content (AvgIpc) is 3.47. The number of piperazine rings is 1. The van der Waals surface area contributed by atoms with E-state index in [1.165, 1.54) is 12.8 Å². The molecule has 1 saturated carbocycles. The highest BCUT2D eigenvalue weighted by molar-refractivity contribution is 5.79. The molecular formula is C29H40N4O4. The fourth-order valence-corrected chi connectivity index (χ4v) is 6.38. The summed E-state index contributed by atoms with van der Waals surface area (Å²) in [5.74, 6) is 1.55. The van der Waals surface area contributed by atoms with E-state index in [0.29, 0.717) is 64.9 Å². The van der Waals surface area contributed by atoms with Crippen molar-refractivity contribution in [3.63, 3.8) is 0 Å². The molecule has 3 fully saturated rings. The summed E-state index contributed by atoms with van der Waals surface area (Å²) in [4.78, 5) is 45.7. The molecule has 200 valence electrons. The normalized spacial score (nSPS) is 26.1. The highest BCUT2D eigenvalue weighted by Gasteiger charge is 2.34. The quantitative estimate of drug-likeness (QED) is 0.462. The fraction of sp³-hybridized carbons (Fsp3) is 0.621. The van der Waals surface area contributed by atoms with Gasteiger partial charge < -0.3 is 19.4 Å². The van der Waals surface area contributed by atoms with Gasteiger partial charge in [-0.25, -0.2) is 0 Å². The molecule has 5 rings (SSSR count). The zero-order valence-corrected chi connectivity index (χ0v) is 21.8. The zero-order chi connectivity index (χ0) is 25.6. The number of carbonyl (C=O) groups is 3. The van der Waals surface area contributed by atoms with E-state index in [-0.39, 0.29) is 23.7 Å². The molecule has 3 heterocycles. The van der Waals surface area contributed by atoms with E-state index in [1.807, 2.05) is 28.0 Å². The van der Waals surface area contributed by atoms with Crippen LogP contribution in [0.5, 0.6) is 5.75 Å². The van der Waals surface area contributed by atoms with Crippen LogP contribution in [0.3, 0.4) is 0 Å². The molecule has 0 spiro atoms. The van der Waals surface area contributed by atoms with Crippen molar-refractivity contribution in [3.8, 4) is 5.75 Å². The van der Waals surface area contributed by atoms with E-state index >= 15 is 0 Å². The van der Waals surface area contributed by atoms with Gasteiger partial charge in [-0.2, -0.15) is 0 Å². The van der Waals surface area contributed by atoms with Crippen molar-refractivity contribution in [2.45, 2.75) is 51.1 Å². The maximum absolute atomic E-state index is 13.6. The second-order valence-electron chi connectivity index (χ2n) is 11.0. The van der Waals surface area contributed by atoms with Gasteiger partial charge in [-0.3, -0.25) is 19.3 Å². The van der Waals surface area contributed by atoms with Gasteiger partial charge in [0.05, 0.1) is 6.54 Å². The van der Waals surface area contributed by atoms with Gasteiger partial charge in [-0.05, 0) is 37.2 Å². The van der Waals surface area contributed by atoms with Crippen molar-refractivity contribution in [3.05, 3.63) is 42.0 Å². The molecule has 1 aromatic rings. The standard InChI is InChI=1S/C29H40N4O4/c34-22-30-13-15-31(16-14-30)28(35)18-23-11-12-32-19-24(23)7-5-17-37-27-10-4-1-6-25(27)20-33(21-29(32)36)26-8-2-3-9-26/h1,4-7,10,22-24,26H,2-3,8-9,11-21H2/t23-,24-/m0/s1. The topological polar surface area (TPSA) is 73.4 Å². The predicted octanol–water partition coefficient (Wildman–Crippen LogP) is 2.54. The molecule has 8 nitrogen and oxygen atoms in total. The minimum atomic E-state index is 0.123. The lowest BCUT2D eigenvalue weighted by Crippen LogP contribution is -2.51. The van der Waals surface area contributed by atoms with Gasteiger partial charge in [0, 0.05) is 63.8 Å². The van der Waals surface area contributed by atoms with Crippen LogP contribution in [-0.4, -0.2) is 96.3 Å². The molecule has 0 unspecified atom stereocenters. The molecule has 2 atom stereocenters. The van der Waals surface area contributed by atoms with Crippen molar-refractivity contribution in [2.24, 2.45) is 11.8 Å². The first-order valence-electron chi connectivity index (χ1n) is 14.0. The van der Waals surface area contributed by atoms with Crippen LogP contribution < -0.4 is 4.74 Å². The molecule has 1 aromatic carbocycles. The Balaban J connectivity index is 1.31. The van der Waals surface area contributed by atoms with E-state index in [1.54, 1.807) is 4.90 Å². The Morgan fingerprint density at radius 3 is 2.57 bits per heavy atom. The van der Waals surface area contributed by atoms with Gasteiger partial charge in [-0.1, -0.05) is 43.2 Å². The van der Waals surface area contributed by atoms with Crippen molar-refractivity contribution >= 4 is 18.2 Å². The lowest BCUT2D eigenvalue weighted by atomic mass is 9.82. The Labute approximate surface area is 220 Å². The largest absolute Gasteiger partial charge is 0.489 e. The van der Waals surface area contributed by atoms with Crippen LogP contribution in [0.15, 0.2) is 36.4 Å². The van der Waals surface area contributed by atoms with Crippen molar-refractivity contribution in [1.82, 2.24) is 19.6 Å². The summed E-state index contributed by atoms with van der Waals surface area (Å²) < 4.78 is 6.19. The summed E-state index contributed by atoms with van der Waals surface area (Å²) in [5.41, 5.74) is 1.13. The van der Waals surface area contributed by atoms with Crippen molar-refractivity contribution in [2.75, 3.05) is 52.4 Å². The predicted molar refractivity (Wildman–Crippen MR) is 141 cm³/mol. The van der Waals surface area contributed by atoms with Gasteiger partial charge in [0.1, 0.15) is 12.4 Å². The number of benzene rings is 1. The van der Waals surface area contributed by atoms with Crippen LogP contribution in [0, 0.1) is 11.8 Å². The molecule has 8 heteroatoms. The Morgan fingerprint density at radius 1 is 1.00 bits per heavy atom. The number of ether oxygens (including phenoxy) is 1. The van der Waals surface area contributed by atoms with Crippen molar-refractivity contribution in [1.29, 1.82) is 0 Å². The van der Waals surface area contributed by atoms with E-state index < -0.39 is 0 Å². The molecule has 2 saturated heterocycles. The first-order chi connectivity index (χ1) is 18.1. The highest BCUT2D eigenvalue weighted by Crippen LogP contribution is 2.31. The molecule has 3 amide bonds. The molecule has 4 aliphatic rings. The average molecular weight is 509 g/mol. The second-order valence-corrected chi connectivity index (χ2v) is 11.0. The summed E-state index contributed by atoms with van der Waals surface area (Å²) in [6.07, 6.45) is 11.1. The first kappa shape index (κ1) is 25.8. The first-order valence-corrected chi connectivity index (χ1v) is 14.0. The number of para-hydroxylation sites is 1. The van der Waals surface area contributed by atoms with Gasteiger partial charge in [0.15, 0.2) is 0 Å². The number of nitrogens with zero attached hydrogens (tertiary/aromatic N) is 4. The SMILES string of the molecule is O=CN1CCN(C(=O)C[C@@H]2CCN3C[C@@H]2C=CCOc2ccccc2CN(C2CCCC2)CC3=O)CC1. The number of rotatable bonds is 4. The Morgan fingerprint density at radius 2 is 1.78 bits per heavy atom. The van der Waals surface area contributed by atoms with E-state index in [2.05, 4.69) is 23.1 Å². The Kier molecular flexibility index (Phi) is 8.44. The minimum absolute atomic E-state index is 0.123. The van der Waals surface area contributed by atoms with Gasteiger partial charge in [0.2, 0.25) is 18.2 Å². The maximum Gasteiger partial charge on any atom is 0.236 e. The molecule has 1 aliphatic carbocycles. The van der Waals surface area contributed by atoms with Crippen LogP contribution >= 0.6 is 0 Å². The number of carbonyl (C=O) groups excluding carboxylic acids is 3. The van der Waals surface area contributed by atoms with Gasteiger partial charge >= 0.3 is 0 Å². The fourth-order valence-electron chi connectivity index (χ4n) is 6.38. The third-order valence-corrected chi connectivity index (χ3v) is 8.66. The molecule has 0 aromatic heterocycles. The molecule has 2 bridgehead atoms. The lowest BCUT2D eigenvalue weighted by molar-refractivity contribution is -0.138. The number of amides is 3. The van der Waals surface area contributed by atoms with Crippen molar-refractivity contribution < 1.29 is 19.1 Å². The Hall–Kier alpha value is -2.87. The van der Waals surface area contributed by atoms with E-state index in [9.17, 15) is 14.4 Å². The third kappa shape index (κ3) is 6.35. The van der Waals surface area contributed by atoms with Crippen LogP contribution in [0.4, 0.5) is 0 Å². The van der Waals surface area contributed by atoms with Crippen LogP contribution in [0.1, 0.15) is 44.1 Å². The molecule has 0 radical (unpaired) electrons. The zero-order valence-electron chi connectivity index (χ0n) is 21.8. The third-order valence-electron chi connectivity index (χ3n) is 8.66.